The van der Waals surface area contributed by atoms with E-state index < -0.39 is 0 Å². The van der Waals surface area contributed by atoms with Crippen molar-refractivity contribution in [2.45, 2.75) is 11.5 Å². The predicted molar refractivity (Wildman–Crippen MR) is 78.1 cm³/mol. The third-order valence-electron chi connectivity index (χ3n) is 2.62. The van der Waals surface area contributed by atoms with Gasteiger partial charge in [0.1, 0.15) is 5.82 Å². The second-order valence-electron chi connectivity index (χ2n) is 4.12. The summed E-state index contributed by atoms with van der Waals surface area (Å²) in [6.45, 7) is -0.0304. The Balaban J connectivity index is 1.87. The molecular formula is C15H14FNO2S. The lowest BCUT2D eigenvalue weighted by Crippen LogP contribution is -2.14. The van der Waals surface area contributed by atoms with E-state index in [1.54, 1.807) is 42.5 Å². The minimum atomic E-state index is -0.322. The predicted octanol–water partition coefficient (Wildman–Crippen LogP) is 3.05. The third-order valence-corrected chi connectivity index (χ3v) is 3.66. The van der Waals surface area contributed by atoms with Gasteiger partial charge in [-0.1, -0.05) is 24.3 Å². The average Bonchev–Trinajstić information content (AvgIpc) is 2.47. The van der Waals surface area contributed by atoms with Crippen LogP contribution in [0.2, 0.25) is 0 Å². The summed E-state index contributed by atoms with van der Waals surface area (Å²) in [5.41, 5.74) is 1.44. The highest BCUT2D eigenvalue weighted by Gasteiger charge is 2.06. The highest BCUT2D eigenvalue weighted by Crippen LogP contribution is 2.21. The molecule has 0 spiro atoms. The van der Waals surface area contributed by atoms with Crippen molar-refractivity contribution in [3.8, 4) is 0 Å². The largest absolute Gasteiger partial charge is 0.392 e. The van der Waals surface area contributed by atoms with Crippen LogP contribution in [-0.2, 0) is 11.4 Å². The summed E-state index contributed by atoms with van der Waals surface area (Å²) in [4.78, 5) is 12.2. The molecular weight excluding hydrogens is 277 g/mol. The summed E-state index contributed by atoms with van der Waals surface area (Å²) in [6.07, 6.45) is 0. The smallest absolute Gasteiger partial charge is 0.234 e. The monoisotopic (exact) mass is 291 g/mol. The molecule has 0 radical (unpaired) electrons. The molecule has 1 amide bonds. The van der Waals surface area contributed by atoms with Gasteiger partial charge in [0.2, 0.25) is 5.91 Å². The first-order valence-corrected chi connectivity index (χ1v) is 7.04. The molecule has 0 bridgehead atoms. The Morgan fingerprint density at radius 3 is 2.50 bits per heavy atom. The molecule has 0 aliphatic carbocycles. The average molecular weight is 291 g/mol. The molecule has 2 aromatic carbocycles. The Labute approximate surface area is 120 Å². The zero-order valence-electron chi connectivity index (χ0n) is 10.7. The lowest BCUT2D eigenvalue weighted by atomic mass is 10.2. The Hall–Kier alpha value is -1.85. The molecule has 20 heavy (non-hydrogen) atoms. The summed E-state index contributed by atoms with van der Waals surface area (Å²) >= 11 is 1.16. The molecule has 2 rings (SSSR count). The molecule has 0 aliphatic rings. The fourth-order valence-corrected chi connectivity index (χ4v) is 2.34. The van der Waals surface area contributed by atoms with Crippen LogP contribution in [0.3, 0.4) is 0 Å². The molecule has 0 unspecified atom stereocenters. The highest BCUT2D eigenvalue weighted by atomic mass is 32.2. The zero-order valence-corrected chi connectivity index (χ0v) is 11.5. The summed E-state index contributed by atoms with van der Waals surface area (Å²) < 4.78 is 13.4. The molecule has 0 aliphatic heterocycles. The summed E-state index contributed by atoms with van der Waals surface area (Å²) in [5, 5.41) is 11.6. The van der Waals surface area contributed by atoms with Crippen LogP contribution < -0.4 is 5.32 Å². The molecule has 0 aromatic heterocycles. The van der Waals surface area contributed by atoms with Crippen molar-refractivity contribution in [2.75, 3.05) is 11.1 Å². The van der Waals surface area contributed by atoms with Crippen LogP contribution in [-0.4, -0.2) is 16.8 Å². The van der Waals surface area contributed by atoms with Crippen molar-refractivity contribution in [2.24, 2.45) is 0 Å². The van der Waals surface area contributed by atoms with E-state index in [0.29, 0.717) is 10.6 Å². The first-order valence-electron chi connectivity index (χ1n) is 6.06. The molecule has 0 saturated heterocycles. The number of aliphatic hydroxyl groups is 1. The second-order valence-corrected chi connectivity index (χ2v) is 5.14. The van der Waals surface area contributed by atoms with Gasteiger partial charge in [0.05, 0.1) is 12.4 Å². The number of nitrogens with one attached hydrogen (secondary N) is 1. The van der Waals surface area contributed by atoms with Gasteiger partial charge in [-0.25, -0.2) is 4.39 Å². The number of hydrogen-bond acceptors (Lipinski definition) is 3. The van der Waals surface area contributed by atoms with Gasteiger partial charge in [0.25, 0.3) is 0 Å². The third kappa shape index (κ3) is 4.08. The quantitative estimate of drug-likeness (QED) is 0.832. The van der Waals surface area contributed by atoms with Gasteiger partial charge in [-0.2, -0.15) is 0 Å². The number of rotatable bonds is 5. The number of halogens is 1. The van der Waals surface area contributed by atoms with Gasteiger partial charge in [-0.05, 0) is 29.8 Å². The molecule has 2 aromatic rings. The first-order chi connectivity index (χ1) is 9.69. The van der Waals surface area contributed by atoms with Crippen LogP contribution >= 0.6 is 11.8 Å². The Morgan fingerprint density at radius 1 is 1.15 bits per heavy atom. The summed E-state index contributed by atoms with van der Waals surface area (Å²) in [7, 11) is 0. The minimum Gasteiger partial charge on any atom is -0.392 e. The summed E-state index contributed by atoms with van der Waals surface area (Å²) in [6, 6.07) is 13.3. The number of aliphatic hydroxyl groups excluding tert-OH is 1. The van der Waals surface area contributed by atoms with Gasteiger partial charge >= 0.3 is 0 Å². The topological polar surface area (TPSA) is 49.3 Å². The normalized spacial score (nSPS) is 10.3. The van der Waals surface area contributed by atoms with Gasteiger partial charge < -0.3 is 10.4 Å². The molecule has 5 heteroatoms. The van der Waals surface area contributed by atoms with Crippen molar-refractivity contribution in [1.82, 2.24) is 0 Å². The lowest BCUT2D eigenvalue weighted by Gasteiger charge is -2.06. The van der Waals surface area contributed by atoms with E-state index in [1.165, 1.54) is 6.07 Å². The number of carbonyl (C=O) groups excluding carboxylic acids is 1. The molecule has 0 fully saturated rings. The number of amides is 1. The fraction of sp³-hybridized carbons (Fsp3) is 0.133. The number of hydrogen-bond donors (Lipinski definition) is 2. The zero-order chi connectivity index (χ0) is 14.4. The van der Waals surface area contributed by atoms with E-state index in [2.05, 4.69) is 5.32 Å². The maximum atomic E-state index is 13.4. The number of anilines is 1. The lowest BCUT2D eigenvalue weighted by molar-refractivity contribution is -0.113. The molecule has 0 saturated carbocycles. The standard InChI is InChI=1S/C15H14FNO2S/c16-13-3-1-2-4-14(13)20-10-15(19)17-12-7-5-11(9-18)6-8-12/h1-8,18H,9-10H2,(H,17,19). The first kappa shape index (κ1) is 14.6. The van der Waals surface area contributed by atoms with E-state index in [0.717, 1.165) is 17.3 Å². The Kier molecular flexibility index (Phi) is 5.15. The van der Waals surface area contributed by atoms with Crippen molar-refractivity contribution in [1.29, 1.82) is 0 Å². The van der Waals surface area contributed by atoms with E-state index in [-0.39, 0.29) is 24.1 Å². The number of thioether (sulfide) groups is 1. The van der Waals surface area contributed by atoms with Gasteiger partial charge in [-0.15, -0.1) is 11.8 Å². The SMILES string of the molecule is O=C(CSc1ccccc1F)Nc1ccc(CO)cc1. The van der Waals surface area contributed by atoms with Crippen LogP contribution in [0.1, 0.15) is 5.56 Å². The van der Waals surface area contributed by atoms with Crippen molar-refractivity contribution < 1.29 is 14.3 Å². The van der Waals surface area contributed by atoms with Gasteiger partial charge in [0, 0.05) is 10.6 Å². The van der Waals surface area contributed by atoms with Crippen LogP contribution in [0.5, 0.6) is 0 Å². The van der Waals surface area contributed by atoms with Crippen LogP contribution in [0.15, 0.2) is 53.4 Å². The van der Waals surface area contributed by atoms with Crippen LogP contribution in [0.25, 0.3) is 0 Å². The molecule has 0 atom stereocenters. The fourth-order valence-electron chi connectivity index (χ4n) is 1.60. The number of carbonyl (C=O) groups is 1. The van der Waals surface area contributed by atoms with Crippen LogP contribution in [0, 0.1) is 5.82 Å². The maximum Gasteiger partial charge on any atom is 0.234 e. The van der Waals surface area contributed by atoms with E-state index >= 15 is 0 Å². The minimum absolute atomic E-state index is 0.0304. The molecule has 0 heterocycles. The van der Waals surface area contributed by atoms with Crippen LogP contribution in [0.4, 0.5) is 10.1 Å². The highest BCUT2D eigenvalue weighted by molar-refractivity contribution is 8.00. The van der Waals surface area contributed by atoms with Gasteiger partial charge in [0.15, 0.2) is 0 Å². The maximum absolute atomic E-state index is 13.4. The van der Waals surface area contributed by atoms with E-state index in [1.807, 2.05) is 0 Å². The van der Waals surface area contributed by atoms with Crippen molar-refractivity contribution in [3.63, 3.8) is 0 Å². The van der Waals surface area contributed by atoms with Crippen molar-refractivity contribution >= 4 is 23.4 Å². The molecule has 104 valence electrons. The van der Waals surface area contributed by atoms with Gasteiger partial charge in [-0.3, -0.25) is 4.79 Å². The Bertz CT molecular complexity index is 587. The molecule has 3 nitrogen and oxygen atoms in total. The van der Waals surface area contributed by atoms with Crippen molar-refractivity contribution in [3.05, 3.63) is 59.9 Å². The Morgan fingerprint density at radius 2 is 1.85 bits per heavy atom. The van der Waals surface area contributed by atoms with E-state index in [9.17, 15) is 9.18 Å². The second kappa shape index (κ2) is 7.07. The summed E-state index contributed by atoms with van der Waals surface area (Å²) in [5.74, 6) is -0.379. The molecule has 2 N–H and O–H groups in total. The number of benzene rings is 2. The van der Waals surface area contributed by atoms with E-state index in [4.69, 9.17) is 5.11 Å².